The Hall–Kier alpha value is -4.45. The van der Waals surface area contributed by atoms with E-state index in [2.05, 4.69) is 154 Å². The van der Waals surface area contributed by atoms with Gasteiger partial charge in [0.25, 0.3) is 0 Å². The number of esters is 3. The third-order valence-corrected chi connectivity index (χ3v) is 12.9. The summed E-state index contributed by atoms with van der Waals surface area (Å²) in [6, 6.07) is 0. The molecule has 0 spiro atoms. The van der Waals surface area contributed by atoms with Crippen LogP contribution in [0, 0.1) is 0 Å². The standard InChI is InChI=1S/C70H114O6/c1-4-7-10-13-16-19-22-25-28-30-32-34-35-37-38-40-42-45-48-51-54-57-60-63-69(72)75-66-67(65-74-68(71)62-59-56-53-50-47-44-27-24-21-18-15-12-9-6-3)76-70(73)64-61-58-55-52-49-46-43-41-39-36-33-31-29-26-23-20-17-14-11-8-5-2/h7-8,10-11,15-20,24-29,32-34,36-38,67H,4-6,9,12-14,21-23,30-31,35,39-66H2,1-3H3/b10-7-,11-8-,18-15-,19-16-,20-17-,27-24-,28-25-,29-26-,34-32-,36-33-,38-37-. The zero-order chi connectivity index (χ0) is 55.0. The third kappa shape index (κ3) is 60.4. The first-order chi connectivity index (χ1) is 37.5. The molecule has 0 aromatic heterocycles. The fraction of sp³-hybridized carbons (Fsp3) is 0.643. The molecular formula is C70H114O6. The van der Waals surface area contributed by atoms with Crippen LogP contribution in [0.25, 0.3) is 0 Å². The lowest BCUT2D eigenvalue weighted by Gasteiger charge is -2.18. The Morgan fingerprint density at radius 3 is 0.803 bits per heavy atom. The van der Waals surface area contributed by atoms with E-state index in [-0.39, 0.29) is 31.1 Å². The summed E-state index contributed by atoms with van der Waals surface area (Å²) < 4.78 is 16.9. The van der Waals surface area contributed by atoms with Gasteiger partial charge in [0.2, 0.25) is 0 Å². The SMILES string of the molecule is CC/C=C\C/C=C\C/C=C\C/C=C\C/C=C\CCCCCCCCCC(=O)OCC(COC(=O)CCCCCCC/C=C\C/C=C\CCCC)OC(=O)CCCCCCCCCC/C=C\C/C=C\C/C=C\C/C=C\CC. The quantitative estimate of drug-likeness (QED) is 0.0261. The van der Waals surface area contributed by atoms with Crippen molar-refractivity contribution in [1.29, 1.82) is 0 Å². The van der Waals surface area contributed by atoms with Gasteiger partial charge in [0.1, 0.15) is 13.2 Å². The van der Waals surface area contributed by atoms with Crippen molar-refractivity contribution in [3.8, 4) is 0 Å². The average Bonchev–Trinajstić information content (AvgIpc) is 3.42. The van der Waals surface area contributed by atoms with Gasteiger partial charge in [0, 0.05) is 19.3 Å². The van der Waals surface area contributed by atoms with Crippen LogP contribution in [0.2, 0.25) is 0 Å². The third-order valence-electron chi connectivity index (χ3n) is 12.9. The van der Waals surface area contributed by atoms with E-state index >= 15 is 0 Å². The van der Waals surface area contributed by atoms with Crippen molar-refractivity contribution in [3.63, 3.8) is 0 Å². The van der Waals surface area contributed by atoms with E-state index in [1.165, 1.54) is 77.0 Å². The fourth-order valence-electron chi connectivity index (χ4n) is 8.24. The van der Waals surface area contributed by atoms with Crippen LogP contribution in [-0.2, 0) is 28.6 Å². The lowest BCUT2D eigenvalue weighted by molar-refractivity contribution is -0.167. The maximum Gasteiger partial charge on any atom is 0.306 e. The molecule has 0 N–H and O–H groups in total. The van der Waals surface area contributed by atoms with Crippen molar-refractivity contribution in [3.05, 3.63) is 134 Å². The minimum Gasteiger partial charge on any atom is -0.462 e. The summed E-state index contributed by atoms with van der Waals surface area (Å²) in [7, 11) is 0. The van der Waals surface area contributed by atoms with Gasteiger partial charge >= 0.3 is 17.9 Å². The first kappa shape index (κ1) is 71.5. The summed E-state index contributed by atoms with van der Waals surface area (Å²) in [4.78, 5) is 38.3. The maximum atomic E-state index is 12.9. The summed E-state index contributed by atoms with van der Waals surface area (Å²) in [5.41, 5.74) is 0. The molecule has 0 radical (unpaired) electrons. The molecule has 0 heterocycles. The molecule has 0 saturated carbocycles. The number of carbonyl (C=O) groups is 3. The van der Waals surface area contributed by atoms with Crippen LogP contribution in [0.1, 0.15) is 271 Å². The Kier molecular flexibility index (Phi) is 59.4. The van der Waals surface area contributed by atoms with Gasteiger partial charge in [-0.05, 0) is 128 Å². The molecule has 0 fully saturated rings. The Balaban J connectivity index is 4.43. The van der Waals surface area contributed by atoms with Gasteiger partial charge in [0.05, 0.1) is 0 Å². The zero-order valence-corrected chi connectivity index (χ0v) is 49.2. The number of ether oxygens (including phenoxy) is 3. The van der Waals surface area contributed by atoms with Crippen LogP contribution >= 0.6 is 0 Å². The monoisotopic (exact) mass is 1050 g/mol. The van der Waals surface area contributed by atoms with Crippen LogP contribution in [0.3, 0.4) is 0 Å². The van der Waals surface area contributed by atoms with Gasteiger partial charge in [-0.2, -0.15) is 0 Å². The van der Waals surface area contributed by atoms with Crippen LogP contribution in [-0.4, -0.2) is 37.2 Å². The minimum absolute atomic E-state index is 0.0956. The number of allylic oxidation sites excluding steroid dienone is 22. The molecule has 0 aromatic carbocycles. The van der Waals surface area contributed by atoms with Crippen molar-refractivity contribution >= 4 is 17.9 Å². The predicted octanol–water partition coefficient (Wildman–Crippen LogP) is 21.4. The lowest BCUT2D eigenvalue weighted by atomic mass is 10.1. The van der Waals surface area contributed by atoms with Crippen molar-refractivity contribution in [1.82, 2.24) is 0 Å². The van der Waals surface area contributed by atoms with E-state index in [0.717, 1.165) is 154 Å². The number of hydrogen-bond acceptors (Lipinski definition) is 6. The molecule has 0 rings (SSSR count). The van der Waals surface area contributed by atoms with E-state index in [9.17, 15) is 14.4 Å². The van der Waals surface area contributed by atoms with Crippen molar-refractivity contribution in [2.24, 2.45) is 0 Å². The molecular weight excluding hydrogens is 937 g/mol. The molecule has 430 valence electrons. The lowest BCUT2D eigenvalue weighted by Crippen LogP contribution is -2.30. The summed E-state index contributed by atoms with van der Waals surface area (Å²) in [5.74, 6) is -0.927. The Morgan fingerprint density at radius 2 is 0.513 bits per heavy atom. The average molecular weight is 1050 g/mol. The highest BCUT2D eigenvalue weighted by molar-refractivity contribution is 5.71. The second-order valence-electron chi connectivity index (χ2n) is 20.2. The first-order valence-electron chi connectivity index (χ1n) is 31.2. The summed E-state index contributed by atoms with van der Waals surface area (Å²) in [6.45, 7) is 6.35. The van der Waals surface area contributed by atoms with Gasteiger partial charge in [-0.25, -0.2) is 0 Å². The highest BCUT2D eigenvalue weighted by Gasteiger charge is 2.19. The largest absolute Gasteiger partial charge is 0.462 e. The van der Waals surface area contributed by atoms with E-state index < -0.39 is 6.10 Å². The minimum atomic E-state index is -0.799. The summed E-state index contributed by atoms with van der Waals surface area (Å²) in [6.07, 6.45) is 88.7. The first-order valence-corrected chi connectivity index (χ1v) is 31.2. The van der Waals surface area contributed by atoms with E-state index in [4.69, 9.17) is 14.2 Å². The van der Waals surface area contributed by atoms with Crippen molar-refractivity contribution in [2.75, 3.05) is 13.2 Å². The molecule has 0 bridgehead atoms. The summed E-state index contributed by atoms with van der Waals surface area (Å²) >= 11 is 0. The van der Waals surface area contributed by atoms with Crippen LogP contribution in [0.4, 0.5) is 0 Å². The van der Waals surface area contributed by atoms with E-state index in [0.29, 0.717) is 19.3 Å². The van der Waals surface area contributed by atoms with Crippen molar-refractivity contribution < 1.29 is 28.6 Å². The molecule has 0 aliphatic rings. The normalized spacial score (nSPS) is 13.0. The molecule has 1 unspecified atom stereocenters. The molecule has 0 aliphatic carbocycles. The number of rotatable bonds is 55. The second kappa shape index (κ2) is 63.1. The smallest absolute Gasteiger partial charge is 0.306 e. The molecule has 0 aromatic rings. The molecule has 6 heteroatoms. The number of carbonyl (C=O) groups excluding carboxylic acids is 3. The Bertz CT molecular complexity index is 1630. The van der Waals surface area contributed by atoms with E-state index in [1.54, 1.807) is 0 Å². The van der Waals surface area contributed by atoms with Crippen molar-refractivity contribution in [2.45, 2.75) is 277 Å². The zero-order valence-electron chi connectivity index (χ0n) is 49.2. The highest BCUT2D eigenvalue weighted by Crippen LogP contribution is 2.15. The summed E-state index contributed by atoms with van der Waals surface area (Å²) in [5, 5.41) is 0. The van der Waals surface area contributed by atoms with Gasteiger partial charge in [0.15, 0.2) is 6.10 Å². The molecule has 0 saturated heterocycles. The van der Waals surface area contributed by atoms with E-state index in [1.807, 2.05) is 0 Å². The van der Waals surface area contributed by atoms with Crippen LogP contribution < -0.4 is 0 Å². The molecule has 6 nitrogen and oxygen atoms in total. The fourth-order valence-corrected chi connectivity index (χ4v) is 8.24. The number of unbranched alkanes of at least 4 members (excludes halogenated alkanes) is 22. The second-order valence-corrected chi connectivity index (χ2v) is 20.2. The van der Waals surface area contributed by atoms with Crippen LogP contribution in [0.5, 0.6) is 0 Å². The Morgan fingerprint density at radius 1 is 0.276 bits per heavy atom. The van der Waals surface area contributed by atoms with Gasteiger partial charge < -0.3 is 14.2 Å². The predicted molar refractivity (Wildman–Crippen MR) is 329 cm³/mol. The molecule has 0 amide bonds. The number of hydrogen-bond donors (Lipinski definition) is 0. The maximum absolute atomic E-state index is 12.9. The van der Waals surface area contributed by atoms with Gasteiger partial charge in [-0.15, -0.1) is 0 Å². The van der Waals surface area contributed by atoms with Gasteiger partial charge in [-0.3, -0.25) is 14.4 Å². The van der Waals surface area contributed by atoms with Gasteiger partial charge in [-0.1, -0.05) is 257 Å². The molecule has 1 atom stereocenters. The highest BCUT2D eigenvalue weighted by atomic mass is 16.6. The molecule has 0 aliphatic heterocycles. The molecule has 76 heavy (non-hydrogen) atoms. The van der Waals surface area contributed by atoms with Crippen LogP contribution in [0.15, 0.2) is 134 Å². The topological polar surface area (TPSA) is 78.9 Å². The Labute approximate surface area is 468 Å².